The first-order valence-electron chi connectivity index (χ1n) is 11.8. The Morgan fingerprint density at radius 2 is 1.72 bits per heavy atom. The lowest BCUT2D eigenvalue weighted by molar-refractivity contribution is -0.137. The summed E-state index contributed by atoms with van der Waals surface area (Å²) in [6.45, 7) is 3.03. The Morgan fingerprint density at radius 1 is 1.05 bits per heavy atom. The van der Waals surface area contributed by atoms with Gasteiger partial charge in [-0.1, -0.05) is 30.3 Å². The van der Waals surface area contributed by atoms with E-state index >= 15 is 0 Å². The molecule has 3 N–H and O–H groups in total. The highest BCUT2D eigenvalue weighted by atomic mass is 19.4. The molecule has 0 saturated carbocycles. The number of primary amides is 1. The van der Waals surface area contributed by atoms with E-state index in [9.17, 15) is 27.6 Å². The Morgan fingerprint density at radius 3 is 2.33 bits per heavy atom. The second-order valence-electron chi connectivity index (χ2n) is 9.53. The minimum absolute atomic E-state index is 0.0145. The smallest absolute Gasteiger partial charge is 0.369 e. The van der Waals surface area contributed by atoms with E-state index in [-0.39, 0.29) is 18.7 Å². The van der Waals surface area contributed by atoms with Gasteiger partial charge in [0, 0.05) is 11.4 Å². The Labute approximate surface area is 222 Å². The summed E-state index contributed by atoms with van der Waals surface area (Å²) >= 11 is 0. The van der Waals surface area contributed by atoms with Gasteiger partial charge < -0.3 is 16.0 Å². The fraction of sp³-hybridized carbons (Fsp3) is 0.214. The van der Waals surface area contributed by atoms with Crippen molar-refractivity contribution in [3.05, 3.63) is 89.0 Å². The van der Waals surface area contributed by atoms with Crippen LogP contribution in [0.1, 0.15) is 36.1 Å². The van der Waals surface area contributed by atoms with Gasteiger partial charge in [0.1, 0.15) is 5.54 Å². The van der Waals surface area contributed by atoms with Crippen molar-refractivity contribution in [3.8, 4) is 6.07 Å². The van der Waals surface area contributed by atoms with Gasteiger partial charge in [-0.2, -0.15) is 18.4 Å². The number of nitrogens with two attached hydrogens (primary N) is 1. The van der Waals surface area contributed by atoms with Crippen LogP contribution in [0.3, 0.4) is 0 Å². The van der Waals surface area contributed by atoms with Crippen molar-refractivity contribution in [2.45, 2.75) is 38.5 Å². The maximum atomic E-state index is 13.5. The number of carbonyl (C=O) groups is 3. The van der Waals surface area contributed by atoms with Crippen LogP contribution in [0.4, 0.5) is 35.0 Å². The molecule has 1 heterocycles. The fourth-order valence-corrected chi connectivity index (χ4v) is 4.35. The molecule has 0 unspecified atom stereocenters. The summed E-state index contributed by atoms with van der Waals surface area (Å²) in [6.07, 6.45) is -4.73. The van der Waals surface area contributed by atoms with Gasteiger partial charge in [0.05, 0.1) is 35.8 Å². The third kappa shape index (κ3) is 5.40. The van der Waals surface area contributed by atoms with Crippen LogP contribution in [-0.4, -0.2) is 28.3 Å². The molecule has 0 radical (unpaired) electrons. The van der Waals surface area contributed by atoms with E-state index in [1.807, 2.05) is 0 Å². The second kappa shape index (κ2) is 10.1. The molecular weight excluding hydrogens is 511 g/mol. The number of para-hydroxylation sites is 1. The highest BCUT2D eigenvalue weighted by molar-refractivity contribution is 6.23. The van der Waals surface area contributed by atoms with E-state index in [1.165, 1.54) is 24.8 Å². The number of nitriles is 1. The first kappa shape index (κ1) is 27.2. The Kier molecular flexibility index (Phi) is 7.07. The lowest BCUT2D eigenvalue weighted by Crippen LogP contribution is -2.43. The third-order valence-electron chi connectivity index (χ3n) is 6.47. The lowest BCUT2D eigenvalue weighted by atomic mass is 10.0. The number of imide groups is 1. The average Bonchev–Trinajstić information content (AvgIpc) is 3.04. The van der Waals surface area contributed by atoms with E-state index < -0.39 is 40.7 Å². The highest BCUT2D eigenvalue weighted by Crippen LogP contribution is 2.38. The molecular formula is C28H24F3N5O3. The van der Waals surface area contributed by atoms with Crippen LogP contribution in [0.2, 0.25) is 0 Å². The van der Waals surface area contributed by atoms with Gasteiger partial charge in [-0.3, -0.25) is 9.59 Å². The topological polar surface area (TPSA) is 120 Å². The van der Waals surface area contributed by atoms with Gasteiger partial charge in [0.25, 0.3) is 5.91 Å². The molecule has 200 valence electrons. The first-order valence-corrected chi connectivity index (χ1v) is 11.8. The van der Waals surface area contributed by atoms with E-state index in [4.69, 9.17) is 11.0 Å². The molecule has 0 aliphatic carbocycles. The van der Waals surface area contributed by atoms with E-state index in [0.29, 0.717) is 27.9 Å². The number of nitrogens with zero attached hydrogens (tertiary/aromatic N) is 3. The summed E-state index contributed by atoms with van der Waals surface area (Å²) in [5.74, 6) is -1.14. The Hall–Kier alpha value is -4.85. The molecule has 3 aromatic rings. The van der Waals surface area contributed by atoms with Crippen LogP contribution in [0.25, 0.3) is 0 Å². The molecule has 1 aliphatic heterocycles. The third-order valence-corrected chi connectivity index (χ3v) is 6.47. The number of halogens is 3. The molecule has 0 atom stereocenters. The number of hydrogen-bond donors (Lipinski definition) is 2. The first-order chi connectivity index (χ1) is 18.3. The zero-order valence-corrected chi connectivity index (χ0v) is 21.0. The number of rotatable bonds is 7. The number of amides is 4. The molecule has 4 amide bonds. The van der Waals surface area contributed by atoms with Gasteiger partial charge in [0.2, 0.25) is 5.91 Å². The molecule has 3 aromatic carbocycles. The normalized spacial score (nSPS) is 14.9. The molecule has 0 bridgehead atoms. The largest absolute Gasteiger partial charge is 0.417 e. The summed E-state index contributed by atoms with van der Waals surface area (Å²) in [5.41, 5.74) is 4.53. The molecule has 1 saturated heterocycles. The summed E-state index contributed by atoms with van der Waals surface area (Å²) < 4.78 is 40.6. The predicted molar refractivity (Wildman–Crippen MR) is 138 cm³/mol. The maximum absolute atomic E-state index is 13.5. The summed E-state index contributed by atoms with van der Waals surface area (Å²) in [6, 6.07) is 17.6. The quantitative estimate of drug-likeness (QED) is 0.408. The number of nitrogens with one attached hydrogen (secondary N) is 1. The van der Waals surface area contributed by atoms with Crippen LogP contribution in [-0.2, 0) is 28.7 Å². The van der Waals surface area contributed by atoms with Crippen LogP contribution in [0.5, 0.6) is 0 Å². The molecule has 39 heavy (non-hydrogen) atoms. The second-order valence-corrected chi connectivity index (χ2v) is 9.53. The van der Waals surface area contributed by atoms with Crippen molar-refractivity contribution < 1.29 is 27.6 Å². The molecule has 1 fully saturated rings. The molecule has 8 nitrogen and oxygen atoms in total. The van der Waals surface area contributed by atoms with Gasteiger partial charge in [-0.05, 0) is 61.4 Å². The molecule has 0 aromatic heterocycles. The monoisotopic (exact) mass is 535 g/mol. The number of benzene rings is 3. The van der Waals surface area contributed by atoms with E-state index in [1.54, 1.807) is 48.5 Å². The fourth-order valence-electron chi connectivity index (χ4n) is 4.35. The zero-order chi connectivity index (χ0) is 28.5. The van der Waals surface area contributed by atoms with Gasteiger partial charge >= 0.3 is 12.2 Å². The number of carbonyl (C=O) groups excluding carboxylic acids is 3. The summed E-state index contributed by atoms with van der Waals surface area (Å²) in [7, 11) is 0. The zero-order valence-electron chi connectivity index (χ0n) is 21.0. The highest BCUT2D eigenvalue weighted by Gasteiger charge is 2.52. The van der Waals surface area contributed by atoms with Crippen LogP contribution < -0.4 is 16.0 Å². The van der Waals surface area contributed by atoms with Crippen LogP contribution >= 0.6 is 0 Å². The van der Waals surface area contributed by atoms with Crippen molar-refractivity contribution in [1.29, 1.82) is 5.26 Å². The van der Waals surface area contributed by atoms with E-state index in [0.717, 1.165) is 17.7 Å². The number of urea groups is 1. The molecule has 0 spiro atoms. The lowest BCUT2D eigenvalue weighted by Gasteiger charge is -2.28. The minimum Gasteiger partial charge on any atom is -0.369 e. The van der Waals surface area contributed by atoms with Gasteiger partial charge in [0.15, 0.2) is 0 Å². The Bertz CT molecular complexity index is 1490. The predicted octanol–water partition coefficient (Wildman–Crippen LogP) is 5.10. The van der Waals surface area contributed by atoms with Crippen molar-refractivity contribution in [2.75, 3.05) is 10.2 Å². The number of alkyl halides is 3. The number of anilines is 3. The van der Waals surface area contributed by atoms with Crippen molar-refractivity contribution in [1.82, 2.24) is 4.90 Å². The van der Waals surface area contributed by atoms with Gasteiger partial charge in [-0.25, -0.2) is 9.69 Å². The van der Waals surface area contributed by atoms with Crippen molar-refractivity contribution in [3.63, 3.8) is 0 Å². The molecule has 1 aliphatic rings. The number of hydrogen-bond acceptors (Lipinski definition) is 5. The van der Waals surface area contributed by atoms with Crippen molar-refractivity contribution >= 4 is 34.9 Å². The molecule has 11 heteroatoms. The van der Waals surface area contributed by atoms with Crippen LogP contribution in [0.15, 0.2) is 66.7 Å². The van der Waals surface area contributed by atoms with Crippen molar-refractivity contribution in [2.24, 2.45) is 5.73 Å². The van der Waals surface area contributed by atoms with Crippen LogP contribution in [0, 0.1) is 11.3 Å². The average molecular weight is 536 g/mol. The SMILES string of the molecule is CC1(C)C(=O)N(c2ccc(C#N)c(C(F)(F)F)c2)C(=O)N1Cc1ccccc1Nc1ccc(CC(N)=O)cc1. The van der Waals surface area contributed by atoms with Gasteiger partial charge in [-0.15, -0.1) is 0 Å². The summed E-state index contributed by atoms with van der Waals surface area (Å²) in [5, 5.41) is 12.3. The minimum atomic E-state index is -4.84. The maximum Gasteiger partial charge on any atom is 0.417 e. The molecule has 4 rings (SSSR count). The Balaban J connectivity index is 1.63. The van der Waals surface area contributed by atoms with E-state index in [2.05, 4.69) is 5.32 Å². The summed E-state index contributed by atoms with van der Waals surface area (Å²) in [4.78, 5) is 39.9. The standard InChI is InChI=1S/C28H24F3N5O3/c1-27(2)25(38)36(21-12-9-18(15-32)22(14-21)28(29,30)31)26(39)35(27)16-19-5-3-4-6-23(19)34-20-10-7-17(8-11-20)13-24(33)37/h3-12,14,34H,13,16H2,1-2H3,(H2,33,37).